The van der Waals surface area contributed by atoms with E-state index in [1.54, 1.807) is 12.3 Å². The van der Waals surface area contributed by atoms with E-state index in [0.29, 0.717) is 10.2 Å². The molecule has 0 aliphatic rings. The number of anilines is 2. The summed E-state index contributed by atoms with van der Waals surface area (Å²) < 4.78 is 0. The molecule has 82 valence electrons. The standard InChI is InChI=1S/C12H10Cl2N2/c1-8-2-3-10(13)11(6-8)16-9-4-5-15-12(14)7-9/h2-7H,1H3,(H,15,16). The van der Waals surface area contributed by atoms with Crippen LogP contribution in [0, 0.1) is 6.92 Å². The third-order valence-electron chi connectivity index (χ3n) is 2.13. The normalized spacial score (nSPS) is 10.2. The van der Waals surface area contributed by atoms with Crippen molar-refractivity contribution in [2.24, 2.45) is 0 Å². The van der Waals surface area contributed by atoms with E-state index in [1.807, 2.05) is 31.2 Å². The van der Waals surface area contributed by atoms with Crippen LogP contribution in [0.1, 0.15) is 5.56 Å². The second kappa shape index (κ2) is 4.73. The van der Waals surface area contributed by atoms with Crippen LogP contribution in [0.5, 0.6) is 0 Å². The first-order valence-electron chi connectivity index (χ1n) is 4.80. The van der Waals surface area contributed by atoms with Crippen molar-refractivity contribution in [3.05, 3.63) is 52.3 Å². The van der Waals surface area contributed by atoms with Gasteiger partial charge in [-0.15, -0.1) is 0 Å². The van der Waals surface area contributed by atoms with Gasteiger partial charge in [-0.3, -0.25) is 0 Å². The van der Waals surface area contributed by atoms with Crippen LogP contribution < -0.4 is 5.32 Å². The van der Waals surface area contributed by atoms with E-state index in [0.717, 1.165) is 16.9 Å². The van der Waals surface area contributed by atoms with Gasteiger partial charge in [0.2, 0.25) is 0 Å². The van der Waals surface area contributed by atoms with Gasteiger partial charge in [0, 0.05) is 11.9 Å². The molecule has 4 heteroatoms. The fourth-order valence-corrected chi connectivity index (χ4v) is 1.71. The van der Waals surface area contributed by atoms with E-state index >= 15 is 0 Å². The minimum absolute atomic E-state index is 0.453. The third-order valence-corrected chi connectivity index (χ3v) is 2.66. The van der Waals surface area contributed by atoms with Crippen molar-refractivity contribution in [2.75, 3.05) is 5.32 Å². The number of hydrogen-bond donors (Lipinski definition) is 1. The molecule has 0 unspecified atom stereocenters. The van der Waals surface area contributed by atoms with Crippen LogP contribution in [0.2, 0.25) is 10.2 Å². The zero-order chi connectivity index (χ0) is 11.5. The summed E-state index contributed by atoms with van der Waals surface area (Å²) in [6.07, 6.45) is 1.65. The Labute approximate surface area is 104 Å². The molecule has 0 spiro atoms. The summed E-state index contributed by atoms with van der Waals surface area (Å²) >= 11 is 11.9. The number of benzene rings is 1. The van der Waals surface area contributed by atoms with E-state index in [-0.39, 0.29) is 0 Å². The number of nitrogens with zero attached hydrogens (tertiary/aromatic N) is 1. The fraction of sp³-hybridized carbons (Fsp3) is 0.0833. The van der Waals surface area contributed by atoms with E-state index in [2.05, 4.69) is 10.3 Å². The van der Waals surface area contributed by atoms with E-state index < -0.39 is 0 Å². The van der Waals surface area contributed by atoms with Gasteiger partial charge in [0.15, 0.2) is 0 Å². The highest BCUT2D eigenvalue weighted by atomic mass is 35.5. The number of nitrogens with one attached hydrogen (secondary N) is 1. The average Bonchev–Trinajstić information content (AvgIpc) is 2.24. The average molecular weight is 253 g/mol. The minimum Gasteiger partial charge on any atom is -0.354 e. The molecule has 0 saturated carbocycles. The molecule has 1 aromatic carbocycles. The molecule has 0 aliphatic carbocycles. The molecular formula is C12H10Cl2N2. The van der Waals surface area contributed by atoms with Gasteiger partial charge in [-0.05, 0) is 36.8 Å². The number of pyridine rings is 1. The summed E-state index contributed by atoms with van der Waals surface area (Å²) in [6.45, 7) is 2.01. The Kier molecular flexibility index (Phi) is 3.32. The zero-order valence-electron chi connectivity index (χ0n) is 8.67. The molecule has 1 N–H and O–H groups in total. The summed E-state index contributed by atoms with van der Waals surface area (Å²) in [5, 5.41) is 4.33. The Bertz CT molecular complexity index is 512. The Balaban J connectivity index is 2.30. The van der Waals surface area contributed by atoms with Gasteiger partial charge < -0.3 is 5.32 Å². The lowest BCUT2D eigenvalue weighted by Gasteiger charge is -2.09. The lowest BCUT2D eigenvalue weighted by molar-refractivity contribution is 1.32. The largest absolute Gasteiger partial charge is 0.354 e. The maximum atomic E-state index is 6.07. The second-order valence-electron chi connectivity index (χ2n) is 3.48. The topological polar surface area (TPSA) is 24.9 Å². The molecule has 2 nitrogen and oxygen atoms in total. The highest BCUT2D eigenvalue weighted by molar-refractivity contribution is 6.33. The lowest BCUT2D eigenvalue weighted by atomic mass is 10.2. The summed E-state index contributed by atoms with van der Waals surface area (Å²) in [6, 6.07) is 9.40. The van der Waals surface area contributed by atoms with Crippen LogP contribution in [-0.2, 0) is 0 Å². The van der Waals surface area contributed by atoms with Crippen LogP contribution >= 0.6 is 23.2 Å². The van der Waals surface area contributed by atoms with Crippen molar-refractivity contribution >= 4 is 34.6 Å². The van der Waals surface area contributed by atoms with E-state index in [1.165, 1.54) is 0 Å². The van der Waals surface area contributed by atoms with Gasteiger partial charge in [0.1, 0.15) is 5.15 Å². The molecule has 1 aromatic heterocycles. The van der Waals surface area contributed by atoms with Crippen LogP contribution in [0.3, 0.4) is 0 Å². The smallest absolute Gasteiger partial charge is 0.131 e. The Morgan fingerprint density at radius 1 is 1.12 bits per heavy atom. The minimum atomic E-state index is 0.453. The quantitative estimate of drug-likeness (QED) is 0.800. The molecule has 0 fully saturated rings. The molecule has 0 atom stereocenters. The third kappa shape index (κ3) is 2.65. The molecule has 0 amide bonds. The summed E-state index contributed by atoms with van der Waals surface area (Å²) in [5.41, 5.74) is 2.88. The van der Waals surface area contributed by atoms with Crippen molar-refractivity contribution in [3.63, 3.8) is 0 Å². The van der Waals surface area contributed by atoms with Crippen molar-refractivity contribution in [2.45, 2.75) is 6.92 Å². The number of aromatic nitrogens is 1. The van der Waals surface area contributed by atoms with Gasteiger partial charge in [-0.2, -0.15) is 0 Å². The SMILES string of the molecule is Cc1ccc(Cl)c(Nc2ccnc(Cl)c2)c1. The van der Waals surface area contributed by atoms with Crippen LogP contribution in [-0.4, -0.2) is 4.98 Å². The van der Waals surface area contributed by atoms with Crippen molar-refractivity contribution in [1.82, 2.24) is 4.98 Å². The van der Waals surface area contributed by atoms with Gasteiger partial charge in [0.25, 0.3) is 0 Å². The maximum absolute atomic E-state index is 6.07. The van der Waals surface area contributed by atoms with Crippen LogP contribution in [0.15, 0.2) is 36.5 Å². The molecule has 16 heavy (non-hydrogen) atoms. The molecule has 1 heterocycles. The molecular weight excluding hydrogens is 243 g/mol. The Morgan fingerprint density at radius 3 is 2.69 bits per heavy atom. The molecule has 0 radical (unpaired) electrons. The fourth-order valence-electron chi connectivity index (χ4n) is 1.37. The lowest BCUT2D eigenvalue weighted by Crippen LogP contribution is -1.92. The second-order valence-corrected chi connectivity index (χ2v) is 4.27. The highest BCUT2D eigenvalue weighted by Crippen LogP contribution is 2.26. The maximum Gasteiger partial charge on any atom is 0.131 e. The predicted octanol–water partition coefficient (Wildman–Crippen LogP) is 4.44. The van der Waals surface area contributed by atoms with Gasteiger partial charge in [0.05, 0.1) is 10.7 Å². The molecule has 2 aromatic rings. The number of halogens is 2. The molecule has 0 aliphatic heterocycles. The van der Waals surface area contributed by atoms with Gasteiger partial charge in [-0.25, -0.2) is 4.98 Å². The number of aryl methyl sites for hydroxylation is 1. The molecule has 0 saturated heterocycles. The van der Waals surface area contributed by atoms with Gasteiger partial charge >= 0.3 is 0 Å². The first-order chi connectivity index (χ1) is 7.65. The monoisotopic (exact) mass is 252 g/mol. The van der Waals surface area contributed by atoms with Gasteiger partial charge in [-0.1, -0.05) is 29.3 Å². The summed E-state index contributed by atoms with van der Waals surface area (Å²) in [4.78, 5) is 3.91. The van der Waals surface area contributed by atoms with Crippen LogP contribution in [0.4, 0.5) is 11.4 Å². The van der Waals surface area contributed by atoms with E-state index in [9.17, 15) is 0 Å². The van der Waals surface area contributed by atoms with Crippen molar-refractivity contribution in [1.29, 1.82) is 0 Å². The van der Waals surface area contributed by atoms with Crippen LogP contribution in [0.25, 0.3) is 0 Å². The Morgan fingerprint density at radius 2 is 1.94 bits per heavy atom. The first-order valence-corrected chi connectivity index (χ1v) is 5.55. The first kappa shape index (κ1) is 11.2. The van der Waals surface area contributed by atoms with Crippen molar-refractivity contribution < 1.29 is 0 Å². The molecule has 2 rings (SSSR count). The zero-order valence-corrected chi connectivity index (χ0v) is 10.2. The highest BCUT2D eigenvalue weighted by Gasteiger charge is 2.01. The number of rotatable bonds is 2. The number of hydrogen-bond acceptors (Lipinski definition) is 2. The van der Waals surface area contributed by atoms with Crippen molar-refractivity contribution in [3.8, 4) is 0 Å². The summed E-state index contributed by atoms with van der Waals surface area (Å²) in [5.74, 6) is 0. The Hall–Kier alpha value is -1.25. The predicted molar refractivity (Wildman–Crippen MR) is 68.7 cm³/mol. The summed E-state index contributed by atoms with van der Waals surface area (Å²) in [7, 11) is 0. The molecule has 0 bridgehead atoms. The van der Waals surface area contributed by atoms with E-state index in [4.69, 9.17) is 23.2 Å².